The zero-order chi connectivity index (χ0) is 17.5. The molecule has 0 saturated heterocycles. The summed E-state index contributed by atoms with van der Waals surface area (Å²) >= 11 is 1.44. The van der Waals surface area contributed by atoms with Crippen molar-refractivity contribution in [2.45, 2.75) is 6.10 Å². The predicted molar refractivity (Wildman–Crippen MR) is 90.5 cm³/mol. The molecule has 0 saturated carbocycles. The number of anilines is 1. The second-order valence-electron chi connectivity index (χ2n) is 4.80. The first-order valence-electron chi connectivity index (χ1n) is 7.06. The first-order chi connectivity index (χ1) is 11.5. The van der Waals surface area contributed by atoms with Crippen LogP contribution in [-0.2, 0) is 9.59 Å². The van der Waals surface area contributed by atoms with Crippen molar-refractivity contribution in [1.29, 1.82) is 0 Å². The van der Waals surface area contributed by atoms with Gasteiger partial charge in [-0.2, -0.15) is 11.3 Å². The molecular formula is C16H18N2O5S. The highest BCUT2D eigenvalue weighted by molar-refractivity contribution is 7.07. The van der Waals surface area contributed by atoms with E-state index in [1.807, 2.05) is 5.38 Å². The number of ether oxygens (including phenoxy) is 2. The van der Waals surface area contributed by atoms with Crippen LogP contribution in [0.3, 0.4) is 0 Å². The SMILES string of the molecule is COc1ccc(NC(=O)C(=O)NCC(O)c2ccsc2)c(OC)c1. The van der Waals surface area contributed by atoms with Gasteiger partial charge in [0.1, 0.15) is 11.5 Å². The molecule has 0 aliphatic carbocycles. The number of aliphatic hydroxyl groups is 1. The molecule has 0 spiro atoms. The minimum atomic E-state index is -0.858. The van der Waals surface area contributed by atoms with Gasteiger partial charge in [-0.1, -0.05) is 0 Å². The van der Waals surface area contributed by atoms with Gasteiger partial charge in [0, 0.05) is 12.6 Å². The number of nitrogens with one attached hydrogen (secondary N) is 2. The number of carbonyl (C=O) groups excluding carboxylic acids is 2. The molecule has 2 amide bonds. The number of benzene rings is 1. The van der Waals surface area contributed by atoms with E-state index in [4.69, 9.17) is 9.47 Å². The smallest absolute Gasteiger partial charge is 0.313 e. The lowest BCUT2D eigenvalue weighted by Crippen LogP contribution is -2.37. The topological polar surface area (TPSA) is 96.9 Å². The van der Waals surface area contributed by atoms with Crippen LogP contribution in [-0.4, -0.2) is 37.7 Å². The summed E-state index contributed by atoms with van der Waals surface area (Å²) in [5, 5.41) is 18.3. The van der Waals surface area contributed by atoms with Crippen LogP contribution < -0.4 is 20.1 Å². The van der Waals surface area contributed by atoms with Gasteiger partial charge in [-0.25, -0.2) is 0 Å². The van der Waals surface area contributed by atoms with E-state index in [9.17, 15) is 14.7 Å². The number of amides is 2. The van der Waals surface area contributed by atoms with Gasteiger partial charge in [0.2, 0.25) is 0 Å². The maximum atomic E-state index is 11.9. The number of rotatable bonds is 6. The van der Waals surface area contributed by atoms with Gasteiger partial charge >= 0.3 is 11.8 Å². The van der Waals surface area contributed by atoms with Gasteiger partial charge in [0.25, 0.3) is 0 Å². The lowest BCUT2D eigenvalue weighted by atomic mass is 10.2. The van der Waals surface area contributed by atoms with Gasteiger partial charge in [-0.05, 0) is 34.5 Å². The second kappa shape index (κ2) is 8.32. The van der Waals surface area contributed by atoms with E-state index < -0.39 is 17.9 Å². The first-order valence-corrected chi connectivity index (χ1v) is 8.00. The van der Waals surface area contributed by atoms with Crippen LogP contribution in [0, 0.1) is 0 Å². The Bertz CT molecular complexity index is 702. The minimum absolute atomic E-state index is 0.0528. The monoisotopic (exact) mass is 350 g/mol. The standard InChI is InChI=1S/C16H18N2O5S/c1-22-11-3-4-12(14(7-11)23-2)18-16(21)15(20)17-8-13(19)10-5-6-24-9-10/h3-7,9,13,19H,8H2,1-2H3,(H,17,20)(H,18,21). The van der Waals surface area contributed by atoms with E-state index in [-0.39, 0.29) is 6.54 Å². The summed E-state index contributed by atoms with van der Waals surface area (Å²) in [5.41, 5.74) is 1.04. The van der Waals surface area contributed by atoms with E-state index in [1.54, 1.807) is 29.6 Å². The number of thiophene rings is 1. The van der Waals surface area contributed by atoms with Crippen molar-refractivity contribution in [2.75, 3.05) is 26.1 Å². The Morgan fingerprint density at radius 1 is 1.21 bits per heavy atom. The van der Waals surface area contributed by atoms with Crippen molar-refractivity contribution in [3.63, 3.8) is 0 Å². The Kier molecular flexibility index (Phi) is 6.16. The highest BCUT2D eigenvalue weighted by Crippen LogP contribution is 2.28. The average Bonchev–Trinajstić information content (AvgIpc) is 3.14. The maximum absolute atomic E-state index is 11.9. The Hall–Kier alpha value is -2.58. The van der Waals surface area contributed by atoms with Crippen molar-refractivity contribution < 1.29 is 24.2 Å². The summed E-state index contributed by atoms with van der Waals surface area (Å²) in [7, 11) is 2.96. The lowest BCUT2D eigenvalue weighted by molar-refractivity contribution is -0.136. The van der Waals surface area contributed by atoms with E-state index in [0.717, 1.165) is 0 Å². The Morgan fingerprint density at radius 2 is 2.00 bits per heavy atom. The van der Waals surface area contributed by atoms with Crippen LogP contribution in [0.1, 0.15) is 11.7 Å². The first kappa shape index (κ1) is 17.8. The molecule has 1 heterocycles. The van der Waals surface area contributed by atoms with Gasteiger partial charge in [0.05, 0.1) is 26.0 Å². The van der Waals surface area contributed by atoms with E-state index in [1.165, 1.54) is 25.6 Å². The summed E-state index contributed by atoms with van der Waals surface area (Å²) in [6, 6.07) is 6.55. The van der Waals surface area contributed by atoms with Crippen molar-refractivity contribution in [3.05, 3.63) is 40.6 Å². The van der Waals surface area contributed by atoms with Gasteiger partial charge in [-0.15, -0.1) is 0 Å². The molecule has 1 aromatic carbocycles. The fourth-order valence-corrected chi connectivity index (χ4v) is 2.64. The van der Waals surface area contributed by atoms with Crippen LogP contribution in [0.2, 0.25) is 0 Å². The number of methoxy groups -OCH3 is 2. The second-order valence-corrected chi connectivity index (χ2v) is 5.58. The molecule has 1 atom stereocenters. The van der Waals surface area contributed by atoms with Gasteiger partial charge in [0.15, 0.2) is 0 Å². The summed E-state index contributed by atoms with van der Waals surface area (Å²) < 4.78 is 10.2. The molecule has 0 bridgehead atoms. The molecule has 2 aromatic rings. The van der Waals surface area contributed by atoms with Crippen LogP contribution in [0.4, 0.5) is 5.69 Å². The molecule has 1 unspecified atom stereocenters. The fraction of sp³-hybridized carbons (Fsp3) is 0.250. The largest absolute Gasteiger partial charge is 0.497 e. The van der Waals surface area contributed by atoms with Gasteiger partial charge in [-0.3, -0.25) is 9.59 Å². The predicted octanol–water partition coefficient (Wildman–Crippen LogP) is 1.55. The zero-order valence-corrected chi connectivity index (χ0v) is 14.1. The summed E-state index contributed by atoms with van der Waals surface area (Å²) in [6.45, 7) is -0.0528. The highest BCUT2D eigenvalue weighted by atomic mass is 32.1. The Morgan fingerprint density at radius 3 is 2.62 bits per heavy atom. The molecule has 7 nitrogen and oxygen atoms in total. The molecule has 1 aromatic heterocycles. The fourth-order valence-electron chi connectivity index (χ4n) is 1.93. The van der Waals surface area contributed by atoms with Crippen molar-refractivity contribution in [2.24, 2.45) is 0 Å². The van der Waals surface area contributed by atoms with E-state index >= 15 is 0 Å². The van der Waals surface area contributed by atoms with E-state index in [2.05, 4.69) is 10.6 Å². The third kappa shape index (κ3) is 4.46. The molecule has 0 aliphatic heterocycles. The molecule has 8 heteroatoms. The van der Waals surface area contributed by atoms with Gasteiger partial charge < -0.3 is 25.2 Å². The van der Waals surface area contributed by atoms with Crippen molar-refractivity contribution >= 4 is 28.8 Å². The van der Waals surface area contributed by atoms with Crippen LogP contribution in [0.25, 0.3) is 0 Å². The number of hydrogen-bond acceptors (Lipinski definition) is 6. The van der Waals surface area contributed by atoms with E-state index in [0.29, 0.717) is 22.7 Å². The average molecular weight is 350 g/mol. The highest BCUT2D eigenvalue weighted by Gasteiger charge is 2.18. The zero-order valence-electron chi connectivity index (χ0n) is 13.2. The molecule has 3 N–H and O–H groups in total. The maximum Gasteiger partial charge on any atom is 0.313 e. The summed E-state index contributed by atoms with van der Waals surface area (Å²) in [4.78, 5) is 23.8. The third-order valence-corrected chi connectivity index (χ3v) is 3.95. The quantitative estimate of drug-likeness (QED) is 0.687. The molecule has 24 heavy (non-hydrogen) atoms. The Balaban J connectivity index is 1.93. The Labute approximate surface area is 143 Å². The molecule has 0 aliphatic rings. The summed E-state index contributed by atoms with van der Waals surface area (Å²) in [5.74, 6) is -0.764. The lowest BCUT2D eigenvalue weighted by Gasteiger charge is -2.13. The number of hydrogen-bond donors (Lipinski definition) is 3. The van der Waals surface area contributed by atoms with Crippen molar-refractivity contribution in [3.8, 4) is 11.5 Å². The number of aliphatic hydroxyl groups excluding tert-OH is 1. The van der Waals surface area contributed by atoms with Crippen LogP contribution in [0.5, 0.6) is 11.5 Å². The van der Waals surface area contributed by atoms with Crippen molar-refractivity contribution in [1.82, 2.24) is 5.32 Å². The molecule has 0 radical (unpaired) electrons. The molecule has 2 rings (SSSR count). The summed E-state index contributed by atoms with van der Waals surface area (Å²) in [6.07, 6.45) is -0.858. The molecule has 0 fully saturated rings. The number of carbonyl (C=O) groups is 2. The molecule has 128 valence electrons. The molecular weight excluding hydrogens is 332 g/mol. The third-order valence-electron chi connectivity index (χ3n) is 3.25. The minimum Gasteiger partial charge on any atom is -0.497 e. The van der Waals surface area contributed by atoms with Crippen LogP contribution >= 0.6 is 11.3 Å². The van der Waals surface area contributed by atoms with Crippen LogP contribution in [0.15, 0.2) is 35.0 Å². The normalized spacial score (nSPS) is 11.5.